The van der Waals surface area contributed by atoms with Crippen LogP contribution in [0.4, 0.5) is 0 Å². The highest BCUT2D eigenvalue weighted by Gasteiger charge is 2.18. The predicted molar refractivity (Wildman–Crippen MR) is 86.5 cm³/mol. The number of carboxylic acids is 1. The predicted octanol–water partition coefficient (Wildman–Crippen LogP) is 2.79. The summed E-state index contributed by atoms with van der Waals surface area (Å²) in [6.45, 7) is 5.16. The largest absolute Gasteiger partial charge is 0.480 e. The molecule has 0 bridgehead atoms. The van der Waals surface area contributed by atoms with Crippen LogP contribution in [0.25, 0.3) is 0 Å². The molecular weight excluding hydrogens is 316 g/mol. The van der Waals surface area contributed by atoms with E-state index < -0.39 is 17.9 Å². The summed E-state index contributed by atoms with van der Waals surface area (Å²) < 4.78 is 5.13. The van der Waals surface area contributed by atoms with Gasteiger partial charge in [0.15, 0.2) is 0 Å². The first kappa shape index (κ1) is 17.1. The van der Waals surface area contributed by atoms with Gasteiger partial charge < -0.3 is 14.9 Å². The average Bonchev–Trinajstić information content (AvgIpc) is 2.84. The highest BCUT2D eigenvalue weighted by Crippen LogP contribution is 2.28. The summed E-state index contributed by atoms with van der Waals surface area (Å²) in [5.74, 6) is -0.0858. The van der Waals surface area contributed by atoms with Crippen LogP contribution in [-0.2, 0) is 10.5 Å². The van der Waals surface area contributed by atoms with E-state index in [9.17, 15) is 9.59 Å². The number of amides is 1. The van der Waals surface area contributed by atoms with Gasteiger partial charge in [-0.2, -0.15) is 0 Å². The molecule has 1 aromatic heterocycles. The fraction of sp³-hybridized carbons (Fsp3) is 0.312. The first-order valence-corrected chi connectivity index (χ1v) is 8.06. The minimum Gasteiger partial charge on any atom is -0.480 e. The molecule has 0 spiro atoms. The van der Waals surface area contributed by atoms with Crippen LogP contribution in [0.15, 0.2) is 33.7 Å². The standard InChI is InChI=1S/C16H18N2O4S/c1-9-13(11(3)22-18-9)8-23-14-7-5-4-6-12(14)15(19)17-10(2)16(20)21/h4-7,10H,8H2,1-3H3,(H,17,19)(H,20,21)/t10-/m1/s1. The zero-order chi connectivity index (χ0) is 17.0. The summed E-state index contributed by atoms with van der Waals surface area (Å²) in [6.07, 6.45) is 0. The Hall–Kier alpha value is -2.28. The third-order valence-electron chi connectivity index (χ3n) is 3.40. The summed E-state index contributed by atoms with van der Waals surface area (Å²) in [5, 5.41) is 15.3. The Labute approximate surface area is 138 Å². The fourth-order valence-electron chi connectivity index (χ4n) is 1.97. The van der Waals surface area contributed by atoms with Crippen LogP contribution < -0.4 is 5.32 Å². The lowest BCUT2D eigenvalue weighted by atomic mass is 10.2. The molecule has 6 nitrogen and oxygen atoms in total. The Morgan fingerprint density at radius 1 is 1.35 bits per heavy atom. The van der Waals surface area contributed by atoms with E-state index in [-0.39, 0.29) is 0 Å². The second kappa shape index (κ2) is 7.32. The molecule has 0 aliphatic carbocycles. The van der Waals surface area contributed by atoms with E-state index >= 15 is 0 Å². The van der Waals surface area contributed by atoms with Crippen LogP contribution in [0.3, 0.4) is 0 Å². The minimum absolute atomic E-state index is 0.401. The van der Waals surface area contributed by atoms with Crippen molar-refractivity contribution in [3.8, 4) is 0 Å². The third kappa shape index (κ3) is 4.13. The molecule has 1 heterocycles. The minimum atomic E-state index is -1.07. The highest BCUT2D eigenvalue weighted by atomic mass is 32.2. The van der Waals surface area contributed by atoms with Gasteiger partial charge in [0.25, 0.3) is 5.91 Å². The molecule has 0 saturated carbocycles. The molecular formula is C16H18N2O4S. The van der Waals surface area contributed by atoms with E-state index in [1.54, 1.807) is 12.1 Å². The number of carbonyl (C=O) groups excluding carboxylic acids is 1. The Morgan fingerprint density at radius 3 is 2.65 bits per heavy atom. The van der Waals surface area contributed by atoms with Crippen LogP contribution in [0.2, 0.25) is 0 Å². The van der Waals surface area contributed by atoms with Gasteiger partial charge in [-0.05, 0) is 32.9 Å². The number of nitrogens with zero attached hydrogens (tertiary/aromatic N) is 1. The molecule has 7 heteroatoms. The third-order valence-corrected chi connectivity index (χ3v) is 4.50. The molecule has 122 valence electrons. The molecule has 23 heavy (non-hydrogen) atoms. The monoisotopic (exact) mass is 334 g/mol. The molecule has 1 aromatic carbocycles. The van der Waals surface area contributed by atoms with Gasteiger partial charge in [0.2, 0.25) is 0 Å². The van der Waals surface area contributed by atoms with Crippen LogP contribution in [-0.4, -0.2) is 28.2 Å². The molecule has 0 fully saturated rings. The van der Waals surface area contributed by atoms with Crippen molar-refractivity contribution in [2.24, 2.45) is 0 Å². The van der Waals surface area contributed by atoms with Gasteiger partial charge in [0.05, 0.1) is 11.3 Å². The molecule has 1 atom stereocenters. The number of thioether (sulfide) groups is 1. The van der Waals surface area contributed by atoms with Crippen molar-refractivity contribution < 1.29 is 19.2 Å². The van der Waals surface area contributed by atoms with Gasteiger partial charge in [-0.15, -0.1) is 11.8 Å². The van der Waals surface area contributed by atoms with Crippen LogP contribution >= 0.6 is 11.8 Å². The maximum atomic E-state index is 12.3. The summed E-state index contributed by atoms with van der Waals surface area (Å²) in [6, 6.07) is 6.17. The molecule has 2 aromatic rings. The van der Waals surface area contributed by atoms with E-state index in [2.05, 4.69) is 10.5 Å². The Bertz CT molecular complexity index is 707. The molecule has 0 saturated heterocycles. The van der Waals surface area contributed by atoms with E-state index in [4.69, 9.17) is 9.63 Å². The Balaban J connectivity index is 2.14. The average molecular weight is 334 g/mol. The van der Waals surface area contributed by atoms with Crippen LogP contribution in [0.5, 0.6) is 0 Å². The zero-order valence-corrected chi connectivity index (χ0v) is 13.9. The lowest BCUT2D eigenvalue weighted by molar-refractivity contribution is -0.138. The molecule has 0 unspecified atom stereocenters. The normalized spacial score (nSPS) is 12.0. The number of carboxylic acid groups (broad SMARTS) is 1. The van der Waals surface area contributed by atoms with Gasteiger partial charge in [0.1, 0.15) is 11.8 Å². The maximum Gasteiger partial charge on any atom is 0.325 e. The van der Waals surface area contributed by atoms with E-state index in [0.29, 0.717) is 11.3 Å². The highest BCUT2D eigenvalue weighted by molar-refractivity contribution is 7.98. The Morgan fingerprint density at radius 2 is 2.04 bits per heavy atom. The zero-order valence-electron chi connectivity index (χ0n) is 13.1. The number of rotatable bonds is 6. The van der Waals surface area contributed by atoms with Crippen molar-refractivity contribution >= 4 is 23.6 Å². The van der Waals surface area contributed by atoms with Gasteiger partial charge >= 0.3 is 5.97 Å². The number of aliphatic carboxylic acids is 1. The summed E-state index contributed by atoms with van der Waals surface area (Å²) >= 11 is 1.49. The van der Waals surface area contributed by atoms with E-state index in [0.717, 1.165) is 21.9 Å². The number of hydrogen-bond donors (Lipinski definition) is 2. The maximum absolute atomic E-state index is 12.3. The lowest BCUT2D eigenvalue weighted by Gasteiger charge is -2.12. The summed E-state index contributed by atoms with van der Waals surface area (Å²) in [5.41, 5.74) is 2.29. The second-order valence-corrected chi connectivity index (χ2v) is 6.14. The second-order valence-electron chi connectivity index (χ2n) is 5.12. The van der Waals surface area contributed by atoms with Crippen LogP contribution in [0.1, 0.15) is 34.3 Å². The molecule has 1 amide bonds. The number of carbonyl (C=O) groups is 2. The first-order chi connectivity index (χ1) is 10.9. The van der Waals surface area contributed by atoms with Crippen molar-refractivity contribution in [1.29, 1.82) is 0 Å². The van der Waals surface area contributed by atoms with Crippen molar-refractivity contribution in [2.75, 3.05) is 0 Å². The number of aromatic nitrogens is 1. The SMILES string of the molecule is Cc1noc(C)c1CSc1ccccc1C(=O)N[C@H](C)C(=O)O. The number of benzene rings is 1. The quantitative estimate of drug-likeness (QED) is 0.789. The molecule has 2 N–H and O–H groups in total. The first-order valence-electron chi connectivity index (χ1n) is 7.07. The fourth-order valence-corrected chi connectivity index (χ4v) is 3.18. The molecule has 2 rings (SSSR count). The lowest BCUT2D eigenvalue weighted by Crippen LogP contribution is -2.38. The van der Waals surface area contributed by atoms with Gasteiger partial charge in [-0.25, -0.2) is 0 Å². The van der Waals surface area contributed by atoms with Crippen molar-refractivity contribution in [1.82, 2.24) is 10.5 Å². The topological polar surface area (TPSA) is 92.4 Å². The Kier molecular flexibility index (Phi) is 5.44. The van der Waals surface area contributed by atoms with Crippen molar-refractivity contribution in [3.63, 3.8) is 0 Å². The molecule has 0 aliphatic rings. The smallest absolute Gasteiger partial charge is 0.325 e. The number of nitrogens with one attached hydrogen (secondary N) is 1. The van der Waals surface area contributed by atoms with E-state index in [1.165, 1.54) is 18.7 Å². The summed E-state index contributed by atoms with van der Waals surface area (Å²) in [7, 11) is 0. The van der Waals surface area contributed by atoms with Crippen molar-refractivity contribution in [2.45, 2.75) is 37.5 Å². The van der Waals surface area contributed by atoms with Gasteiger partial charge in [0, 0.05) is 16.2 Å². The van der Waals surface area contributed by atoms with E-state index in [1.807, 2.05) is 26.0 Å². The van der Waals surface area contributed by atoms with Crippen molar-refractivity contribution in [3.05, 3.63) is 46.8 Å². The molecule has 0 aliphatic heterocycles. The van der Waals surface area contributed by atoms with Crippen LogP contribution in [0, 0.1) is 13.8 Å². The molecule has 0 radical (unpaired) electrons. The summed E-state index contributed by atoms with van der Waals surface area (Å²) in [4.78, 5) is 23.9. The van der Waals surface area contributed by atoms with Gasteiger partial charge in [-0.1, -0.05) is 17.3 Å². The number of hydrogen-bond acceptors (Lipinski definition) is 5. The number of aryl methyl sites for hydroxylation is 2. The van der Waals surface area contributed by atoms with Gasteiger partial charge in [-0.3, -0.25) is 9.59 Å².